The van der Waals surface area contributed by atoms with E-state index in [2.05, 4.69) is 9.88 Å². The van der Waals surface area contributed by atoms with Crippen LogP contribution in [0.15, 0.2) is 6.07 Å². The first-order valence-electron chi connectivity index (χ1n) is 9.72. The van der Waals surface area contributed by atoms with E-state index < -0.39 is 11.6 Å². The van der Waals surface area contributed by atoms with Gasteiger partial charge in [0.2, 0.25) is 0 Å². The predicted octanol–water partition coefficient (Wildman–Crippen LogP) is 2.58. The van der Waals surface area contributed by atoms with Gasteiger partial charge in [-0.1, -0.05) is 19.3 Å². The van der Waals surface area contributed by atoms with Crippen LogP contribution in [-0.2, 0) is 16.1 Å². The maximum Gasteiger partial charge on any atom is 0.325 e. The highest BCUT2D eigenvalue weighted by Gasteiger charge is 2.51. The fourth-order valence-corrected chi connectivity index (χ4v) is 4.34. The molecule has 2 fully saturated rings. The van der Waals surface area contributed by atoms with Gasteiger partial charge in [0, 0.05) is 37.2 Å². The van der Waals surface area contributed by atoms with Crippen molar-refractivity contribution in [3.8, 4) is 0 Å². The third-order valence-electron chi connectivity index (χ3n) is 5.86. The number of nitrogens with one attached hydrogen (secondary N) is 1. The minimum Gasteiger partial charge on any atom is -0.385 e. The van der Waals surface area contributed by atoms with Gasteiger partial charge in [0.15, 0.2) is 5.78 Å². The average molecular weight is 375 g/mol. The molecule has 0 unspecified atom stereocenters. The van der Waals surface area contributed by atoms with E-state index in [1.54, 1.807) is 7.11 Å². The van der Waals surface area contributed by atoms with Gasteiger partial charge in [0.1, 0.15) is 5.54 Å². The lowest BCUT2D eigenvalue weighted by atomic mass is 9.82. The van der Waals surface area contributed by atoms with Gasteiger partial charge >= 0.3 is 6.03 Å². The summed E-state index contributed by atoms with van der Waals surface area (Å²) in [6.45, 7) is 5.09. The van der Waals surface area contributed by atoms with Crippen molar-refractivity contribution in [3.05, 3.63) is 23.0 Å². The molecule has 2 aliphatic rings. The van der Waals surface area contributed by atoms with E-state index in [0.717, 1.165) is 48.5 Å². The quantitative estimate of drug-likeness (QED) is 0.451. The van der Waals surface area contributed by atoms with Crippen molar-refractivity contribution in [1.29, 1.82) is 0 Å². The molecule has 2 heterocycles. The number of hydrogen-bond acceptors (Lipinski definition) is 4. The highest BCUT2D eigenvalue weighted by atomic mass is 16.5. The SMILES string of the molecule is COCCCn1c(C)cc(C(=O)CN2C(=O)NC3(CCCCC3)C2=O)c1C. The van der Waals surface area contributed by atoms with E-state index in [-0.39, 0.29) is 18.2 Å². The number of ketones is 1. The number of Topliss-reactive ketones (excluding diaryl/α,β-unsaturated/α-hetero) is 1. The molecule has 0 bridgehead atoms. The number of imide groups is 1. The predicted molar refractivity (Wildman–Crippen MR) is 101 cm³/mol. The number of carbonyl (C=O) groups excluding carboxylic acids is 3. The normalized spacial score (nSPS) is 19.0. The monoisotopic (exact) mass is 375 g/mol. The smallest absolute Gasteiger partial charge is 0.325 e. The number of methoxy groups -OCH3 is 1. The molecule has 1 aromatic rings. The Balaban J connectivity index is 1.73. The molecule has 0 aromatic carbocycles. The topological polar surface area (TPSA) is 80.6 Å². The Morgan fingerprint density at radius 1 is 1.22 bits per heavy atom. The summed E-state index contributed by atoms with van der Waals surface area (Å²) in [5.74, 6) is -0.438. The van der Waals surface area contributed by atoms with E-state index in [1.807, 2.05) is 19.9 Å². The summed E-state index contributed by atoms with van der Waals surface area (Å²) >= 11 is 0. The summed E-state index contributed by atoms with van der Waals surface area (Å²) in [5, 5.41) is 2.86. The van der Waals surface area contributed by atoms with E-state index in [0.29, 0.717) is 25.0 Å². The Hall–Kier alpha value is -2.15. The molecular formula is C20H29N3O4. The highest BCUT2D eigenvalue weighted by molar-refractivity contribution is 6.11. The largest absolute Gasteiger partial charge is 0.385 e. The molecule has 1 saturated heterocycles. The second-order valence-electron chi connectivity index (χ2n) is 7.67. The molecule has 27 heavy (non-hydrogen) atoms. The zero-order valence-electron chi connectivity index (χ0n) is 16.5. The summed E-state index contributed by atoms with van der Waals surface area (Å²) in [4.78, 5) is 39.2. The van der Waals surface area contributed by atoms with Crippen molar-refractivity contribution < 1.29 is 19.1 Å². The molecule has 1 spiro atoms. The second kappa shape index (κ2) is 7.84. The van der Waals surface area contributed by atoms with Crippen molar-refractivity contribution >= 4 is 17.7 Å². The molecule has 1 aliphatic heterocycles. The number of amides is 3. The lowest BCUT2D eigenvalue weighted by Crippen LogP contribution is -2.48. The van der Waals surface area contributed by atoms with Gasteiger partial charge in [-0.05, 0) is 39.2 Å². The van der Waals surface area contributed by atoms with E-state index in [4.69, 9.17) is 4.74 Å². The average Bonchev–Trinajstić information content (AvgIpc) is 3.05. The van der Waals surface area contributed by atoms with Crippen LogP contribution in [0, 0.1) is 13.8 Å². The van der Waals surface area contributed by atoms with Crippen LogP contribution in [0.25, 0.3) is 0 Å². The van der Waals surface area contributed by atoms with Crippen molar-refractivity contribution in [2.75, 3.05) is 20.3 Å². The molecule has 1 aliphatic carbocycles. The van der Waals surface area contributed by atoms with Gasteiger partial charge in [-0.15, -0.1) is 0 Å². The summed E-state index contributed by atoms with van der Waals surface area (Å²) in [5.41, 5.74) is 1.66. The van der Waals surface area contributed by atoms with Crippen LogP contribution in [0.4, 0.5) is 4.79 Å². The van der Waals surface area contributed by atoms with Gasteiger partial charge in [-0.3, -0.25) is 14.5 Å². The minimum absolute atomic E-state index is 0.197. The summed E-state index contributed by atoms with van der Waals surface area (Å²) in [6, 6.07) is 1.41. The Labute approximate surface area is 160 Å². The highest BCUT2D eigenvalue weighted by Crippen LogP contribution is 2.33. The van der Waals surface area contributed by atoms with Crippen LogP contribution < -0.4 is 5.32 Å². The molecule has 1 N–H and O–H groups in total. The van der Waals surface area contributed by atoms with E-state index >= 15 is 0 Å². The van der Waals surface area contributed by atoms with E-state index in [1.165, 1.54) is 0 Å². The number of nitrogens with zero attached hydrogens (tertiary/aromatic N) is 2. The van der Waals surface area contributed by atoms with Crippen LogP contribution in [0.3, 0.4) is 0 Å². The molecule has 7 nitrogen and oxygen atoms in total. The summed E-state index contributed by atoms with van der Waals surface area (Å²) < 4.78 is 7.18. The van der Waals surface area contributed by atoms with Gasteiger partial charge < -0.3 is 14.6 Å². The number of aryl methyl sites for hydroxylation is 1. The summed E-state index contributed by atoms with van der Waals surface area (Å²) in [7, 11) is 1.67. The second-order valence-corrected chi connectivity index (χ2v) is 7.67. The van der Waals surface area contributed by atoms with Gasteiger partial charge in [-0.2, -0.15) is 0 Å². The lowest BCUT2D eigenvalue weighted by Gasteiger charge is -2.30. The summed E-state index contributed by atoms with van der Waals surface area (Å²) in [6.07, 6.45) is 5.12. The number of urea groups is 1. The Kier molecular flexibility index (Phi) is 5.69. The van der Waals surface area contributed by atoms with Crippen molar-refractivity contribution in [2.45, 2.75) is 64.5 Å². The zero-order chi connectivity index (χ0) is 19.6. The molecule has 3 rings (SSSR count). The molecule has 1 saturated carbocycles. The van der Waals surface area contributed by atoms with Crippen LogP contribution in [0.5, 0.6) is 0 Å². The van der Waals surface area contributed by atoms with Gasteiger partial charge in [-0.25, -0.2) is 4.79 Å². The van der Waals surface area contributed by atoms with Crippen LogP contribution in [-0.4, -0.2) is 53.0 Å². The Morgan fingerprint density at radius 3 is 2.59 bits per heavy atom. The number of aromatic nitrogens is 1. The molecular weight excluding hydrogens is 346 g/mol. The fourth-order valence-electron chi connectivity index (χ4n) is 4.34. The molecule has 0 atom stereocenters. The van der Waals surface area contributed by atoms with Crippen LogP contribution >= 0.6 is 0 Å². The molecule has 148 valence electrons. The fraction of sp³-hybridized carbons (Fsp3) is 0.650. The maximum atomic E-state index is 12.9. The first kappa shape index (κ1) is 19.6. The number of ether oxygens (including phenoxy) is 1. The van der Waals surface area contributed by atoms with Crippen molar-refractivity contribution in [1.82, 2.24) is 14.8 Å². The standard InChI is InChI=1S/C20H29N3O4/c1-14-12-16(15(2)22(14)10-7-11-27-3)17(24)13-23-18(25)20(21-19(23)26)8-5-4-6-9-20/h12H,4-11,13H2,1-3H3,(H,21,26). The number of carbonyl (C=O) groups is 3. The molecule has 1 aromatic heterocycles. The van der Waals surface area contributed by atoms with Crippen molar-refractivity contribution in [2.24, 2.45) is 0 Å². The lowest BCUT2D eigenvalue weighted by molar-refractivity contribution is -0.132. The Morgan fingerprint density at radius 2 is 1.93 bits per heavy atom. The molecule has 7 heteroatoms. The first-order valence-corrected chi connectivity index (χ1v) is 9.72. The van der Waals surface area contributed by atoms with Crippen molar-refractivity contribution in [3.63, 3.8) is 0 Å². The number of rotatable bonds is 7. The molecule has 3 amide bonds. The van der Waals surface area contributed by atoms with Gasteiger partial charge in [0.05, 0.1) is 6.54 Å². The first-order chi connectivity index (χ1) is 12.9. The Bertz CT molecular complexity index is 747. The van der Waals surface area contributed by atoms with Gasteiger partial charge in [0.25, 0.3) is 5.91 Å². The maximum absolute atomic E-state index is 12.9. The third-order valence-corrected chi connectivity index (χ3v) is 5.86. The molecule has 0 radical (unpaired) electrons. The van der Waals surface area contributed by atoms with Crippen LogP contribution in [0.1, 0.15) is 60.3 Å². The minimum atomic E-state index is -0.785. The van der Waals surface area contributed by atoms with Crippen LogP contribution in [0.2, 0.25) is 0 Å². The third kappa shape index (κ3) is 3.65. The number of hydrogen-bond donors (Lipinski definition) is 1. The van der Waals surface area contributed by atoms with E-state index in [9.17, 15) is 14.4 Å². The zero-order valence-corrected chi connectivity index (χ0v) is 16.5.